The average Bonchev–Trinajstić information content (AvgIpc) is 3.37. The zero-order chi connectivity index (χ0) is 25.5. The summed E-state index contributed by atoms with van der Waals surface area (Å²) >= 11 is 0. The van der Waals surface area contributed by atoms with Crippen molar-refractivity contribution in [2.45, 2.75) is 0 Å². The molecular weight excluding hydrogens is 473 g/mol. The van der Waals surface area contributed by atoms with Crippen molar-refractivity contribution in [3.05, 3.63) is 109 Å². The third kappa shape index (κ3) is 3.68. The Morgan fingerprint density at radius 1 is 0.553 bits per heavy atom. The van der Waals surface area contributed by atoms with Gasteiger partial charge in [-0.05, 0) is 29.7 Å². The fourth-order valence-corrected chi connectivity index (χ4v) is 4.92. The van der Waals surface area contributed by atoms with Gasteiger partial charge < -0.3 is 14.1 Å². The second kappa shape index (κ2) is 9.14. The summed E-state index contributed by atoms with van der Waals surface area (Å²) in [6.07, 6.45) is 0. The SMILES string of the molecule is O[B]Oc1ccc(-c2nc(-c3ccccc3)nc(-c3cccc4oc5ccccc5c34)n2)c2ccccc12. The Bertz CT molecular complexity index is 1950. The summed E-state index contributed by atoms with van der Waals surface area (Å²) in [5, 5.41) is 13.0. The van der Waals surface area contributed by atoms with Crippen LogP contribution in [0.4, 0.5) is 0 Å². The highest BCUT2D eigenvalue weighted by Gasteiger charge is 2.19. The van der Waals surface area contributed by atoms with Crippen LogP contribution in [-0.2, 0) is 0 Å². The number of para-hydroxylation sites is 1. The largest absolute Gasteiger partial charge is 0.569 e. The Morgan fingerprint density at radius 2 is 1.21 bits per heavy atom. The van der Waals surface area contributed by atoms with Gasteiger partial charge in [-0.1, -0.05) is 84.9 Å². The molecule has 5 aromatic carbocycles. The minimum Gasteiger partial charge on any atom is -0.537 e. The highest BCUT2D eigenvalue weighted by atomic mass is 16.5. The second-order valence-corrected chi connectivity index (χ2v) is 8.83. The molecule has 1 radical (unpaired) electrons. The van der Waals surface area contributed by atoms with E-state index < -0.39 is 0 Å². The van der Waals surface area contributed by atoms with E-state index in [-0.39, 0.29) is 0 Å². The Morgan fingerprint density at radius 3 is 2.03 bits per heavy atom. The van der Waals surface area contributed by atoms with Crippen LogP contribution < -0.4 is 4.65 Å². The molecule has 7 rings (SSSR count). The smallest absolute Gasteiger partial charge is 0.537 e. The van der Waals surface area contributed by atoms with Crippen molar-refractivity contribution in [2.24, 2.45) is 0 Å². The van der Waals surface area contributed by atoms with Gasteiger partial charge in [0, 0.05) is 32.8 Å². The van der Waals surface area contributed by atoms with Crippen LogP contribution in [0.2, 0.25) is 0 Å². The molecule has 0 amide bonds. The van der Waals surface area contributed by atoms with Crippen LogP contribution in [0.3, 0.4) is 0 Å². The van der Waals surface area contributed by atoms with Gasteiger partial charge in [-0.15, -0.1) is 0 Å². The first-order valence-corrected chi connectivity index (χ1v) is 12.2. The molecule has 0 saturated carbocycles. The van der Waals surface area contributed by atoms with Gasteiger partial charge in [0.05, 0.1) is 0 Å². The van der Waals surface area contributed by atoms with Crippen molar-refractivity contribution in [1.82, 2.24) is 15.0 Å². The van der Waals surface area contributed by atoms with Gasteiger partial charge in [-0.25, -0.2) is 15.0 Å². The molecule has 1 N–H and O–H groups in total. The molecule has 0 fully saturated rings. The van der Waals surface area contributed by atoms with E-state index in [9.17, 15) is 5.02 Å². The number of fused-ring (bicyclic) bond motifs is 4. The minimum absolute atomic E-state index is 0.536. The van der Waals surface area contributed by atoms with Gasteiger partial charge in [-0.2, -0.15) is 0 Å². The Labute approximate surface area is 218 Å². The van der Waals surface area contributed by atoms with Crippen LogP contribution in [0.1, 0.15) is 0 Å². The van der Waals surface area contributed by atoms with Crippen molar-refractivity contribution in [3.63, 3.8) is 0 Å². The first kappa shape index (κ1) is 22.2. The third-order valence-corrected chi connectivity index (χ3v) is 6.62. The van der Waals surface area contributed by atoms with E-state index in [1.54, 1.807) is 6.07 Å². The van der Waals surface area contributed by atoms with Gasteiger partial charge in [0.25, 0.3) is 0 Å². The monoisotopic (exact) mass is 492 g/mol. The quantitative estimate of drug-likeness (QED) is 0.265. The normalized spacial score (nSPS) is 11.3. The van der Waals surface area contributed by atoms with Crippen molar-refractivity contribution < 1.29 is 14.1 Å². The lowest BCUT2D eigenvalue weighted by atomic mass is 10.0. The Kier molecular flexibility index (Phi) is 5.34. The van der Waals surface area contributed by atoms with Crippen LogP contribution in [0.15, 0.2) is 114 Å². The van der Waals surface area contributed by atoms with E-state index in [1.807, 2.05) is 97.1 Å². The van der Waals surface area contributed by atoms with Crippen molar-refractivity contribution in [3.8, 4) is 39.9 Å². The standard InChI is InChI=1S/C31H19BN3O3/c36-32-38-26-18-17-22(20-11-4-5-12-21(20)26)30-33-29(19-9-2-1-3-10-19)34-31(35-30)24-14-8-16-27-28(24)23-13-6-7-15-25(23)37-27/h1-18,36H. The molecule has 2 aromatic heterocycles. The fourth-order valence-electron chi connectivity index (χ4n) is 4.92. The predicted molar refractivity (Wildman–Crippen MR) is 150 cm³/mol. The lowest BCUT2D eigenvalue weighted by Crippen LogP contribution is -2.02. The second-order valence-electron chi connectivity index (χ2n) is 8.83. The first-order chi connectivity index (χ1) is 18.8. The summed E-state index contributed by atoms with van der Waals surface area (Å²) < 4.78 is 11.5. The van der Waals surface area contributed by atoms with Crippen LogP contribution in [-0.4, -0.2) is 27.7 Å². The summed E-state index contributed by atoms with van der Waals surface area (Å²) in [6, 6.07) is 35.3. The number of furan rings is 1. The molecule has 2 heterocycles. The van der Waals surface area contributed by atoms with Gasteiger partial charge in [0.2, 0.25) is 0 Å². The van der Waals surface area contributed by atoms with E-state index in [4.69, 9.17) is 24.0 Å². The molecule has 179 valence electrons. The molecule has 0 saturated heterocycles. The average molecular weight is 492 g/mol. The summed E-state index contributed by atoms with van der Waals surface area (Å²) in [5.74, 6) is 2.20. The lowest BCUT2D eigenvalue weighted by molar-refractivity contribution is 0.457. The number of nitrogens with zero attached hydrogens (tertiary/aromatic N) is 3. The molecule has 38 heavy (non-hydrogen) atoms. The Hall–Kier alpha value is -5.01. The third-order valence-electron chi connectivity index (χ3n) is 6.62. The molecular formula is C31H19BN3O3. The zero-order valence-electron chi connectivity index (χ0n) is 20.1. The van der Waals surface area contributed by atoms with Gasteiger partial charge in [0.1, 0.15) is 16.9 Å². The van der Waals surface area contributed by atoms with E-state index in [1.165, 1.54) is 0 Å². The van der Waals surface area contributed by atoms with Crippen LogP contribution in [0.5, 0.6) is 5.75 Å². The highest BCUT2D eigenvalue weighted by Crippen LogP contribution is 2.38. The van der Waals surface area contributed by atoms with Crippen LogP contribution >= 0.6 is 0 Å². The molecule has 0 aliphatic carbocycles. The number of hydrogen-bond acceptors (Lipinski definition) is 6. The molecule has 7 heteroatoms. The molecule has 6 nitrogen and oxygen atoms in total. The molecule has 0 spiro atoms. The zero-order valence-corrected chi connectivity index (χ0v) is 20.1. The molecule has 0 aliphatic heterocycles. The van der Waals surface area contributed by atoms with E-state index in [2.05, 4.69) is 6.07 Å². The molecule has 0 aliphatic rings. The molecule has 0 bridgehead atoms. The maximum Gasteiger partial charge on any atom is 0.569 e. The summed E-state index contributed by atoms with van der Waals surface area (Å²) in [7, 11) is 0.686. The van der Waals surface area contributed by atoms with Gasteiger partial charge in [-0.3, -0.25) is 0 Å². The topological polar surface area (TPSA) is 81.3 Å². The maximum absolute atomic E-state index is 9.25. The van der Waals surface area contributed by atoms with E-state index >= 15 is 0 Å². The molecule has 0 atom stereocenters. The highest BCUT2D eigenvalue weighted by molar-refractivity contribution is 6.18. The minimum atomic E-state index is 0.536. The van der Waals surface area contributed by atoms with Crippen molar-refractivity contribution >= 4 is 40.4 Å². The van der Waals surface area contributed by atoms with Crippen molar-refractivity contribution in [1.29, 1.82) is 0 Å². The van der Waals surface area contributed by atoms with Crippen molar-refractivity contribution in [2.75, 3.05) is 0 Å². The summed E-state index contributed by atoms with van der Waals surface area (Å²) in [4.78, 5) is 14.8. The number of benzene rings is 5. The summed E-state index contributed by atoms with van der Waals surface area (Å²) in [5.41, 5.74) is 4.18. The predicted octanol–water partition coefficient (Wildman–Crippen LogP) is 6.83. The number of rotatable bonds is 5. The van der Waals surface area contributed by atoms with Gasteiger partial charge in [0.15, 0.2) is 17.5 Å². The van der Waals surface area contributed by atoms with Crippen LogP contribution in [0.25, 0.3) is 66.9 Å². The molecule has 0 unspecified atom stereocenters. The number of hydrogen-bond donors (Lipinski definition) is 1. The Balaban J connectivity index is 1.52. The van der Waals surface area contributed by atoms with E-state index in [0.29, 0.717) is 30.9 Å². The van der Waals surface area contributed by atoms with Gasteiger partial charge >= 0.3 is 7.69 Å². The van der Waals surface area contributed by atoms with E-state index in [0.717, 1.165) is 49.4 Å². The molecule has 7 aromatic rings. The van der Waals surface area contributed by atoms with Crippen LogP contribution in [0, 0.1) is 0 Å². The number of aromatic nitrogens is 3. The maximum atomic E-state index is 9.25. The summed E-state index contributed by atoms with van der Waals surface area (Å²) in [6.45, 7) is 0. The first-order valence-electron chi connectivity index (χ1n) is 12.2. The fraction of sp³-hybridized carbons (Fsp3) is 0. The lowest BCUT2D eigenvalue weighted by Gasteiger charge is -2.13.